The lowest BCUT2D eigenvalue weighted by Crippen LogP contribution is -2.27. The Morgan fingerprint density at radius 2 is 1.50 bits per heavy atom. The lowest BCUT2D eigenvalue weighted by Gasteiger charge is -2.13. The Kier molecular flexibility index (Phi) is 5.68. The molecule has 20 heavy (non-hydrogen) atoms. The lowest BCUT2D eigenvalue weighted by molar-refractivity contribution is 0.0502. The summed E-state index contributed by atoms with van der Waals surface area (Å²) in [5.41, 5.74) is -1.41. The highest BCUT2D eigenvalue weighted by Crippen LogP contribution is 2.26. The van der Waals surface area contributed by atoms with Gasteiger partial charge in [-0.15, -0.1) is 0 Å². The maximum atomic E-state index is 14.2. The molecule has 8 heteroatoms. The molecule has 0 aliphatic rings. The van der Waals surface area contributed by atoms with Gasteiger partial charge in [-0.25, -0.2) is 18.4 Å². The van der Waals surface area contributed by atoms with Gasteiger partial charge in [-0.1, -0.05) is 0 Å². The van der Waals surface area contributed by atoms with Gasteiger partial charge in [0, 0.05) is 0 Å². The van der Waals surface area contributed by atoms with Crippen molar-refractivity contribution in [3.05, 3.63) is 27.2 Å². The Bertz CT molecular complexity index is 485. The standard InChI is InChI=1S/C12H12BBrF2O4/c1-3-19-11(17)5-7(13)9(15)6(8(14)10(5)16)12(18)20-4-2/h3-4,13H2,1-2H3. The van der Waals surface area contributed by atoms with Crippen molar-refractivity contribution in [2.45, 2.75) is 13.8 Å². The number of carbonyl (C=O) groups excluding carboxylic acids is 2. The summed E-state index contributed by atoms with van der Waals surface area (Å²) in [6.07, 6.45) is 0. The Balaban J connectivity index is 3.49. The van der Waals surface area contributed by atoms with E-state index in [1.54, 1.807) is 13.8 Å². The van der Waals surface area contributed by atoms with Crippen molar-refractivity contribution in [2.75, 3.05) is 13.2 Å². The molecule has 0 saturated heterocycles. The molecule has 0 heterocycles. The molecule has 0 saturated carbocycles. The van der Waals surface area contributed by atoms with E-state index < -0.39 is 39.2 Å². The van der Waals surface area contributed by atoms with Gasteiger partial charge in [0.2, 0.25) is 0 Å². The van der Waals surface area contributed by atoms with Crippen LogP contribution in [0.25, 0.3) is 0 Å². The molecule has 0 atom stereocenters. The van der Waals surface area contributed by atoms with Crippen LogP contribution in [0.1, 0.15) is 34.6 Å². The van der Waals surface area contributed by atoms with Crippen molar-refractivity contribution in [3.63, 3.8) is 0 Å². The summed E-state index contributed by atoms with van der Waals surface area (Å²) in [7, 11) is 1.19. The minimum Gasteiger partial charge on any atom is -0.462 e. The van der Waals surface area contributed by atoms with E-state index in [1.807, 2.05) is 0 Å². The largest absolute Gasteiger partial charge is 0.462 e. The van der Waals surface area contributed by atoms with Crippen molar-refractivity contribution < 1.29 is 27.8 Å². The van der Waals surface area contributed by atoms with Crippen molar-refractivity contribution >= 4 is 41.2 Å². The van der Waals surface area contributed by atoms with E-state index in [2.05, 4.69) is 25.4 Å². The average molecular weight is 349 g/mol. The number of rotatable bonds is 4. The highest BCUT2D eigenvalue weighted by atomic mass is 79.9. The van der Waals surface area contributed by atoms with Gasteiger partial charge >= 0.3 is 11.9 Å². The van der Waals surface area contributed by atoms with Crippen LogP contribution in [0, 0.1) is 11.6 Å². The van der Waals surface area contributed by atoms with Crippen LogP contribution < -0.4 is 5.46 Å². The van der Waals surface area contributed by atoms with Crippen LogP contribution in [0.3, 0.4) is 0 Å². The molecule has 0 radical (unpaired) electrons. The molecule has 0 spiro atoms. The van der Waals surface area contributed by atoms with E-state index in [9.17, 15) is 18.4 Å². The minimum absolute atomic E-state index is 0.0189. The third-order valence-corrected chi connectivity index (χ3v) is 3.26. The zero-order valence-corrected chi connectivity index (χ0v) is 12.8. The van der Waals surface area contributed by atoms with Gasteiger partial charge in [-0.2, -0.15) is 0 Å². The normalized spacial score (nSPS) is 10.2. The molecule has 0 N–H and O–H groups in total. The van der Waals surface area contributed by atoms with Crippen molar-refractivity contribution in [2.24, 2.45) is 0 Å². The molecule has 0 bridgehead atoms. The number of halogens is 3. The van der Waals surface area contributed by atoms with E-state index in [0.717, 1.165) is 0 Å². The van der Waals surface area contributed by atoms with Crippen LogP contribution in [0.5, 0.6) is 0 Å². The van der Waals surface area contributed by atoms with Gasteiger partial charge in [-0.05, 0) is 35.2 Å². The fourth-order valence-corrected chi connectivity index (χ4v) is 2.14. The molecule has 0 aromatic heterocycles. The number of ether oxygens (including phenoxy) is 2. The Labute approximate surface area is 124 Å². The Morgan fingerprint density at radius 1 is 1.05 bits per heavy atom. The zero-order valence-electron chi connectivity index (χ0n) is 11.2. The number of esters is 2. The number of hydrogen-bond donors (Lipinski definition) is 0. The topological polar surface area (TPSA) is 52.6 Å². The summed E-state index contributed by atoms with van der Waals surface area (Å²) >= 11 is 2.78. The molecule has 1 aromatic carbocycles. The van der Waals surface area contributed by atoms with Gasteiger partial charge in [0.25, 0.3) is 0 Å². The molecule has 0 amide bonds. The summed E-state index contributed by atoms with van der Waals surface area (Å²) in [4.78, 5) is 23.3. The smallest absolute Gasteiger partial charge is 0.342 e. The first-order valence-electron chi connectivity index (χ1n) is 5.88. The third kappa shape index (κ3) is 3.00. The SMILES string of the molecule is Bc1c(F)c(C(=O)OCC)c(Br)c(F)c1C(=O)OCC. The fraction of sp³-hybridized carbons (Fsp3) is 0.333. The first-order chi connectivity index (χ1) is 9.36. The van der Waals surface area contributed by atoms with Crippen LogP contribution in [-0.4, -0.2) is 33.0 Å². The lowest BCUT2D eigenvalue weighted by atomic mass is 9.87. The quantitative estimate of drug-likeness (QED) is 0.468. The predicted molar refractivity (Wildman–Crippen MR) is 74.1 cm³/mol. The second kappa shape index (κ2) is 6.83. The maximum absolute atomic E-state index is 14.2. The molecule has 1 rings (SSSR count). The molecule has 1 aromatic rings. The molecular weight excluding hydrogens is 337 g/mol. The summed E-state index contributed by atoms with van der Waals surface area (Å²) in [5.74, 6) is -4.06. The summed E-state index contributed by atoms with van der Waals surface area (Å²) in [6.45, 7) is 3.13. The van der Waals surface area contributed by atoms with Crippen LogP contribution >= 0.6 is 15.9 Å². The van der Waals surface area contributed by atoms with Gasteiger partial charge < -0.3 is 9.47 Å². The highest BCUT2D eigenvalue weighted by molar-refractivity contribution is 9.10. The molecule has 108 valence electrons. The second-order valence-corrected chi connectivity index (χ2v) is 4.55. The van der Waals surface area contributed by atoms with E-state index in [-0.39, 0.29) is 18.7 Å². The van der Waals surface area contributed by atoms with Crippen LogP contribution in [0.15, 0.2) is 4.47 Å². The zero-order chi connectivity index (χ0) is 15.4. The molecule has 4 nitrogen and oxygen atoms in total. The van der Waals surface area contributed by atoms with Crippen molar-refractivity contribution in [1.82, 2.24) is 0 Å². The van der Waals surface area contributed by atoms with Gasteiger partial charge in [0.05, 0.1) is 23.2 Å². The third-order valence-electron chi connectivity index (χ3n) is 2.51. The average Bonchev–Trinajstić information content (AvgIpc) is 2.37. The second-order valence-electron chi connectivity index (χ2n) is 3.76. The van der Waals surface area contributed by atoms with E-state index in [0.29, 0.717) is 0 Å². The highest BCUT2D eigenvalue weighted by Gasteiger charge is 2.29. The first kappa shape index (κ1) is 16.6. The predicted octanol–water partition coefficient (Wildman–Crippen LogP) is 1.34. The first-order valence-corrected chi connectivity index (χ1v) is 6.67. The Hall–Kier alpha value is -1.44. The van der Waals surface area contributed by atoms with Gasteiger partial charge in [-0.3, -0.25) is 0 Å². The summed E-state index contributed by atoms with van der Waals surface area (Å²) < 4.78 is 37.2. The van der Waals surface area contributed by atoms with Crippen molar-refractivity contribution in [1.29, 1.82) is 0 Å². The minimum atomic E-state index is -1.05. The van der Waals surface area contributed by atoms with Gasteiger partial charge in [0.1, 0.15) is 19.2 Å². The number of hydrogen-bond acceptors (Lipinski definition) is 4. The number of benzene rings is 1. The van der Waals surface area contributed by atoms with Crippen LogP contribution in [0.4, 0.5) is 8.78 Å². The molecule has 0 aliphatic heterocycles. The van der Waals surface area contributed by atoms with Crippen molar-refractivity contribution in [3.8, 4) is 0 Å². The van der Waals surface area contributed by atoms with Crippen LogP contribution in [-0.2, 0) is 9.47 Å². The van der Waals surface area contributed by atoms with E-state index >= 15 is 0 Å². The molecule has 0 unspecified atom stereocenters. The molecular formula is C12H12BBrF2O4. The summed E-state index contributed by atoms with van der Waals surface area (Å²) in [6, 6.07) is 0. The maximum Gasteiger partial charge on any atom is 0.342 e. The molecule has 0 fully saturated rings. The van der Waals surface area contributed by atoms with E-state index in [1.165, 1.54) is 7.85 Å². The number of carbonyl (C=O) groups is 2. The summed E-state index contributed by atoms with van der Waals surface area (Å²) in [5, 5.41) is 0. The van der Waals surface area contributed by atoms with E-state index in [4.69, 9.17) is 0 Å². The van der Waals surface area contributed by atoms with Crippen LogP contribution in [0.2, 0.25) is 0 Å². The molecule has 0 aliphatic carbocycles. The monoisotopic (exact) mass is 348 g/mol. The Morgan fingerprint density at radius 3 is 1.95 bits per heavy atom. The van der Waals surface area contributed by atoms with Gasteiger partial charge in [0.15, 0.2) is 5.82 Å². The fourth-order valence-electron chi connectivity index (χ4n) is 1.61.